The molecule has 0 saturated carbocycles. The Kier molecular flexibility index (Phi) is 3.72. The average Bonchev–Trinajstić information content (AvgIpc) is 2.15. The molecule has 12 heavy (non-hydrogen) atoms. The molecular weight excluding hydrogens is 168 g/mol. The van der Waals surface area contributed by atoms with E-state index >= 15 is 0 Å². The molecule has 62 valence electrons. The summed E-state index contributed by atoms with van der Waals surface area (Å²) in [6.07, 6.45) is 0. The highest BCUT2D eigenvalue weighted by molar-refractivity contribution is 7.79. The smallest absolute Gasteiger partial charge is 0.104 e. The fraction of sp³-hybridized carbons (Fsp3) is 0.200. The van der Waals surface area contributed by atoms with E-state index in [-0.39, 0.29) is 6.61 Å². The maximum Gasteiger partial charge on any atom is 0.104 e. The first-order chi connectivity index (χ1) is 5.86. The molecule has 1 aromatic rings. The van der Waals surface area contributed by atoms with E-state index in [2.05, 4.69) is 24.5 Å². The average molecular weight is 178 g/mol. The van der Waals surface area contributed by atoms with E-state index in [1.807, 2.05) is 24.3 Å². The molecule has 0 bridgehead atoms. The van der Waals surface area contributed by atoms with E-state index in [1.54, 1.807) is 0 Å². The Balaban J connectivity index is 2.86. The molecule has 0 aliphatic heterocycles. The predicted octanol–water partition coefficient (Wildman–Crippen LogP) is 1.46. The minimum absolute atomic E-state index is 0.0922. The molecule has 0 aliphatic rings. The maximum absolute atomic E-state index is 8.47. The molecule has 1 rings (SSSR count). The van der Waals surface area contributed by atoms with Gasteiger partial charge in [0.25, 0.3) is 0 Å². The standard InChI is InChI=1S/C10H10OS/c11-6-2-5-9-3-1-4-10(7-9)8-12/h1,3-4,7,11-12H,6,8H2. The van der Waals surface area contributed by atoms with Gasteiger partial charge < -0.3 is 5.11 Å². The normalized spacial score (nSPS) is 8.83. The molecule has 2 heteroatoms. The van der Waals surface area contributed by atoms with Crippen molar-refractivity contribution >= 4 is 12.6 Å². The molecule has 0 unspecified atom stereocenters. The first-order valence-corrected chi connectivity index (χ1v) is 4.29. The Morgan fingerprint density at radius 2 is 2.25 bits per heavy atom. The highest BCUT2D eigenvalue weighted by atomic mass is 32.1. The van der Waals surface area contributed by atoms with E-state index in [4.69, 9.17) is 5.11 Å². The molecule has 0 saturated heterocycles. The van der Waals surface area contributed by atoms with Crippen molar-refractivity contribution in [3.05, 3.63) is 35.4 Å². The van der Waals surface area contributed by atoms with Gasteiger partial charge in [-0.15, -0.1) is 0 Å². The Hall–Kier alpha value is -0.910. The van der Waals surface area contributed by atoms with E-state index in [1.165, 1.54) is 0 Å². The van der Waals surface area contributed by atoms with Crippen molar-refractivity contribution in [1.29, 1.82) is 0 Å². The third kappa shape index (κ3) is 2.61. The summed E-state index contributed by atoms with van der Waals surface area (Å²) in [5, 5.41) is 8.47. The SMILES string of the molecule is OCC#Cc1cccc(CS)c1. The Labute approximate surface area is 77.8 Å². The van der Waals surface area contributed by atoms with Crippen molar-refractivity contribution in [2.45, 2.75) is 5.75 Å². The van der Waals surface area contributed by atoms with Crippen molar-refractivity contribution < 1.29 is 5.11 Å². The number of benzene rings is 1. The molecule has 0 radical (unpaired) electrons. The molecule has 0 aliphatic carbocycles. The summed E-state index contributed by atoms with van der Waals surface area (Å²) in [5.41, 5.74) is 2.07. The Morgan fingerprint density at radius 3 is 2.92 bits per heavy atom. The van der Waals surface area contributed by atoms with Crippen molar-refractivity contribution in [2.75, 3.05) is 6.61 Å². The second-order valence-corrected chi connectivity index (χ2v) is 2.63. The summed E-state index contributed by atoms with van der Waals surface area (Å²) >= 11 is 4.15. The molecule has 0 aromatic heterocycles. The van der Waals surface area contributed by atoms with Crippen LogP contribution in [0.5, 0.6) is 0 Å². The number of aliphatic hydroxyl groups excluding tert-OH is 1. The minimum atomic E-state index is -0.0922. The minimum Gasteiger partial charge on any atom is -0.384 e. The summed E-state index contributed by atoms with van der Waals surface area (Å²) in [4.78, 5) is 0. The molecule has 1 aromatic carbocycles. The molecule has 0 spiro atoms. The number of hydrogen-bond acceptors (Lipinski definition) is 2. The van der Waals surface area contributed by atoms with Crippen molar-refractivity contribution in [1.82, 2.24) is 0 Å². The van der Waals surface area contributed by atoms with E-state index < -0.39 is 0 Å². The van der Waals surface area contributed by atoms with Crippen LogP contribution in [0.25, 0.3) is 0 Å². The third-order valence-electron chi connectivity index (χ3n) is 1.42. The number of rotatable bonds is 1. The van der Waals surface area contributed by atoms with E-state index in [0.717, 1.165) is 11.1 Å². The van der Waals surface area contributed by atoms with Gasteiger partial charge in [-0.05, 0) is 17.7 Å². The molecule has 1 nitrogen and oxygen atoms in total. The summed E-state index contributed by atoms with van der Waals surface area (Å²) in [6, 6.07) is 7.81. The van der Waals surface area contributed by atoms with Crippen LogP contribution in [0, 0.1) is 11.8 Å². The summed E-state index contributed by atoms with van der Waals surface area (Å²) < 4.78 is 0. The topological polar surface area (TPSA) is 20.2 Å². The van der Waals surface area contributed by atoms with Gasteiger partial charge in [0.05, 0.1) is 0 Å². The maximum atomic E-state index is 8.47. The third-order valence-corrected chi connectivity index (χ3v) is 1.79. The number of thiol groups is 1. The van der Waals surface area contributed by atoms with Crippen molar-refractivity contribution in [3.63, 3.8) is 0 Å². The van der Waals surface area contributed by atoms with E-state index in [0.29, 0.717) is 5.75 Å². The highest BCUT2D eigenvalue weighted by Gasteiger charge is 1.89. The molecular formula is C10H10OS. The van der Waals surface area contributed by atoms with Gasteiger partial charge in [-0.3, -0.25) is 0 Å². The lowest BCUT2D eigenvalue weighted by atomic mass is 10.1. The largest absolute Gasteiger partial charge is 0.384 e. The number of hydrogen-bond donors (Lipinski definition) is 2. The van der Waals surface area contributed by atoms with Crippen molar-refractivity contribution in [3.8, 4) is 11.8 Å². The summed E-state index contributed by atoms with van der Waals surface area (Å²) in [6.45, 7) is -0.0922. The zero-order valence-electron chi connectivity index (χ0n) is 6.62. The fourth-order valence-corrected chi connectivity index (χ4v) is 1.09. The first-order valence-electron chi connectivity index (χ1n) is 3.66. The lowest BCUT2D eigenvalue weighted by molar-refractivity contribution is 0.350. The van der Waals surface area contributed by atoms with Gasteiger partial charge >= 0.3 is 0 Å². The van der Waals surface area contributed by atoms with Gasteiger partial charge in [-0.2, -0.15) is 12.6 Å². The lowest BCUT2D eigenvalue weighted by Crippen LogP contribution is -1.80. The monoisotopic (exact) mass is 178 g/mol. The van der Waals surface area contributed by atoms with Crippen molar-refractivity contribution in [2.24, 2.45) is 0 Å². The van der Waals surface area contributed by atoms with Crippen LogP contribution in [0.3, 0.4) is 0 Å². The van der Waals surface area contributed by atoms with Crippen LogP contribution >= 0.6 is 12.6 Å². The molecule has 0 amide bonds. The summed E-state index contributed by atoms with van der Waals surface area (Å²) in [7, 11) is 0. The molecule has 0 fully saturated rings. The first kappa shape index (κ1) is 9.18. The van der Waals surface area contributed by atoms with Crippen LogP contribution in [-0.2, 0) is 5.75 Å². The predicted molar refractivity (Wildman–Crippen MR) is 53.1 cm³/mol. The Bertz CT molecular complexity index is 309. The second-order valence-electron chi connectivity index (χ2n) is 2.32. The van der Waals surface area contributed by atoms with Gasteiger partial charge in [-0.1, -0.05) is 24.0 Å². The van der Waals surface area contributed by atoms with Gasteiger partial charge in [0.1, 0.15) is 6.61 Å². The van der Waals surface area contributed by atoms with Gasteiger partial charge in [0.15, 0.2) is 0 Å². The Morgan fingerprint density at radius 1 is 1.42 bits per heavy atom. The van der Waals surface area contributed by atoms with Crippen LogP contribution < -0.4 is 0 Å². The number of aliphatic hydroxyl groups is 1. The van der Waals surface area contributed by atoms with Crippen LogP contribution in [0.2, 0.25) is 0 Å². The molecule has 1 N–H and O–H groups in total. The van der Waals surface area contributed by atoms with Gasteiger partial charge in [0, 0.05) is 11.3 Å². The van der Waals surface area contributed by atoms with Crippen LogP contribution in [0.1, 0.15) is 11.1 Å². The zero-order chi connectivity index (χ0) is 8.81. The highest BCUT2D eigenvalue weighted by Crippen LogP contribution is 2.05. The second kappa shape index (κ2) is 4.87. The molecule has 0 heterocycles. The lowest BCUT2D eigenvalue weighted by Gasteiger charge is -1.94. The summed E-state index contributed by atoms with van der Waals surface area (Å²) in [5.74, 6) is 6.15. The van der Waals surface area contributed by atoms with Gasteiger partial charge in [-0.25, -0.2) is 0 Å². The quantitative estimate of drug-likeness (QED) is 0.493. The van der Waals surface area contributed by atoms with Crippen LogP contribution in [0.15, 0.2) is 24.3 Å². The van der Waals surface area contributed by atoms with Crippen LogP contribution in [-0.4, -0.2) is 11.7 Å². The zero-order valence-corrected chi connectivity index (χ0v) is 7.51. The van der Waals surface area contributed by atoms with Crippen LogP contribution in [0.4, 0.5) is 0 Å². The van der Waals surface area contributed by atoms with Gasteiger partial charge in [0.2, 0.25) is 0 Å². The molecule has 0 atom stereocenters. The fourth-order valence-electron chi connectivity index (χ4n) is 0.889. The van der Waals surface area contributed by atoms with E-state index in [9.17, 15) is 0 Å².